The van der Waals surface area contributed by atoms with Crippen LogP contribution in [-0.2, 0) is 9.53 Å². The van der Waals surface area contributed by atoms with E-state index in [4.69, 9.17) is 5.26 Å². The number of ether oxygens (including phenoxy) is 1. The molecule has 0 bridgehead atoms. The monoisotopic (exact) mass is 244 g/mol. The maximum Gasteiger partial charge on any atom is 0.317 e. The number of nitriles is 1. The van der Waals surface area contributed by atoms with Crippen molar-refractivity contribution in [2.75, 3.05) is 7.11 Å². The Morgan fingerprint density at radius 2 is 2.11 bits per heavy atom. The second-order valence-electron chi connectivity index (χ2n) is 3.19. The van der Waals surface area contributed by atoms with Gasteiger partial charge in [0.1, 0.15) is 6.42 Å². The van der Waals surface area contributed by atoms with Crippen LogP contribution >= 0.6 is 0 Å². The standard InChI is InChI=1S/C12H8N2O4/c1-18-12(15)4-2-3-9-5-10(8-13)7-11(6-9)14(16)17/h5-7H,4H2,1H3. The van der Waals surface area contributed by atoms with Crippen LogP contribution in [0.15, 0.2) is 18.2 Å². The van der Waals surface area contributed by atoms with Crippen molar-refractivity contribution in [1.82, 2.24) is 0 Å². The number of nitro benzene ring substituents is 1. The summed E-state index contributed by atoms with van der Waals surface area (Å²) in [4.78, 5) is 20.8. The van der Waals surface area contributed by atoms with Gasteiger partial charge in [0.2, 0.25) is 0 Å². The molecule has 0 atom stereocenters. The molecule has 0 spiro atoms. The quantitative estimate of drug-likeness (QED) is 0.339. The van der Waals surface area contributed by atoms with Crippen molar-refractivity contribution >= 4 is 11.7 Å². The molecule has 0 aliphatic rings. The molecule has 0 saturated heterocycles. The van der Waals surface area contributed by atoms with Gasteiger partial charge < -0.3 is 4.74 Å². The van der Waals surface area contributed by atoms with Gasteiger partial charge in [0.15, 0.2) is 0 Å². The number of hydrogen-bond acceptors (Lipinski definition) is 5. The van der Waals surface area contributed by atoms with Crippen molar-refractivity contribution in [3.05, 3.63) is 39.4 Å². The highest BCUT2D eigenvalue weighted by Gasteiger charge is 2.08. The van der Waals surface area contributed by atoms with E-state index in [9.17, 15) is 14.9 Å². The first-order valence-corrected chi connectivity index (χ1v) is 4.82. The summed E-state index contributed by atoms with van der Waals surface area (Å²) in [5, 5.41) is 19.3. The molecule has 6 heteroatoms. The van der Waals surface area contributed by atoms with E-state index in [1.165, 1.54) is 19.2 Å². The van der Waals surface area contributed by atoms with Crippen molar-refractivity contribution in [3.8, 4) is 17.9 Å². The van der Waals surface area contributed by atoms with Crippen LogP contribution in [0.2, 0.25) is 0 Å². The van der Waals surface area contributed by atoms with Crippen LogP contribution in [0.3, 0.4) is 0 Å². The zero-order chi connectivity index (χ0) is 13.5. The molecule has 0 aliphatic carbocycles. The fourth-order valence-corrected chi connectivity index (χ4v) is 1.14. The fraction of sp³-hybridized carbons (Fsp3) is 0.167. The number of carbonyl (C=O) groups is 1. The molecule has 0 saturated carbocycles. The van der Waals surface area contributed by atoms with E-state index in [2.05, 4.69) is 16.6 Å². The van der Waals surface area contributed by atoms with Crippen LogP contribution in [-0.4, -0.2) is 18.0 Å². The molecule has 0 amide bonds. The minimum atomic E-state index is -0.605. The highest BCUT2D eigenvalue weighted by atomic mass is 16.6. The third-order valence-corrected chi connectivity index (χ3v) is 1.95. The average molecular weight is 244 g/mol. The van der Waals surface area contributed by atoms with E-state index in [-0.39, 0.29) is 17.7 Å². The first-order valence-electron chi connectivity index (χ1n) is 4.82. The van der Waals surface area contributed by atoms with Crippen molar-refractivity contribution in [2.45, 2.75) is 6.42 Å². The normalized spacial score (nSPS) is 8.67. The summed E-state index contributed by atoms with van der Waals surface area (Å²) in [6.45, 7) is 0. The number of carbonyl (C=O) groups excluding carboxylic acids is 1. The van der Waals surface area contributed by atoms with E-state index in [0.717, 1.165) is 6.07 Å². The second kappa shape index (κ2) is 6.02. The minimum absolute atomic E-state index is 0.110. The van der Waals surface area contributed by atoms with Crippen molar-refractivity contribution in [1.29, 1.82) is 5.26 Å². The number of non-ortho nitro benzene ring substituents is 1. The molecule has 1 rings (SSSR count). The Hall–Kier alpha value is -2.86. The van der Waals surface area contributed by atoms with Gasteiger partial charge in [-0.05, 0) is 6.07 Å². The van der Waals surface area contributed by atoms with Gasteiger partial charge in [0.25, 0.3) is 5.69 Å². The highest BCUT2D eigenvalue weighted by Crippen LogP contribution is 2.16. The molecule has 6 nitrogen and oxygen atoms in total. The summed E-state index contributed by atoms with van der Waals surface area (Å²) in [7, 11) is 1.24. The molecule has 0 N–H and O–H groups in total. The van der Waals surface area contributed by atoms with E-state index < -0.39 is 10.9 Å². The van der Waals surface area contributed by atoms with Crippen LogP contribution in [0, 0.1) is 33.3 Å². The van der Waals surface area contributed by atoms with E-state index in [0.29, 0.717) is 5.56 Å². The van der Waals surface area contributed by atoms with Gasteiger partial charge in [0, 0.05) is 17.7 Å². The predicted octanol–water partition coefficient (Wildman–Crippen LogP) is 1.38. The predicted molar refractivity (Wildman–Crippen MR) is 61.3 cm³/mol. The number of methoxy groups -OCH3 is 1. The zero-order valence-corrected chi connectivity index (χ0v) is 9.47. The Kier molecular flexibility index (Phi) is 4.42. The minimum Gasteiger partial charge on any atom is -0.468 e. The smallest absolute Gasteiger partial charge is 0.317 e. The summed E-state index contributed by atoms with van der Waals surface area (Å²) in [6, 6.07) is 5.62. The van der Waals surface area contributed by atoms with E-state index >= 15 is 0 Å². The molecule has 0 radical (unpaired) electrons. The molecule has 0 aromatic heterocycles. The number of nitrogens with zero attached hydrogens (tertiary/aromatic N) is 2. The Morgan fingerprint density at radius 1 is 1.44 bits per heavy atom. The van der Waals surface area contributed by atoms with Gasteiger partial charge in [-0.1, -0.05) is 11.8 Å². The van der Waals surface area contributed by atoms with Crippen LogP contribution in [0.5, 0.6) is 0 Å². The van der Waals surface area contributed by atoms with Gasteiger partial charge in [-0.2, -0.15) is 5.26 Å². The first kappa shape index (κ1) is 13.2. The molecular weight excluding hydrogens is 236 g/mol. The van der Waals surface area contributed by atoms with Gasteiger partial charge in [0.05, 0.1) is 23.7 Å². The Balaban J connectivity index is 3.02. The first-order chi connectivity index (χ1) is 8.56. The lowest BCUT2D eigenvalue weighted by Crippen LogP contribution is -1.97. The van der Waals surface area contributed by atoms with Gasteiger partial charge in [-0.15, -0.1) is 0 Å². The Labute approximate surface area is 103 Å². The molecule has 0 heterocycles. The van der Waals surface area contributed by atoms with Crippen LogP contribution < -0.4 is 0 Å². The van der Waals surface area contributed by atoms with Crippen LogP contribution in [0.1, 0.15) is 17.5 Å². The highest BCUT2D eigenvalue weighted by molar-refractivity contribution is 5.72. The lowest BCUT2D eigenvalue weighted by atomic mass is 10.1. The Morgan fingerprint density at radius 3 is 2.67 bits per heavy atom. The fourth-order valence-electron chi connectivity index (χ4n) is 1.14. The molecule has 0 fully saturated rings. The van der Waals surface area contributed by atoms with Crippen molar-refractivity contribution < 1.29 is 14.5 Å². The van der Waals surface area contributed by atoms with Gasteiger partial charge >= 0.3 is 5.97 Å². The second-order valence-corrected chi connectivity index (χ2v) is 3.19. The maximum atomic E-state index is 10.8. The SMILES string of the molecule is COC(=O)CC#Cc1cc(C#N)cc([N+](=O)[O-])c1. The number of nitro groups is 1. The average Bonchev–Trinajstić information content (AvgIpc) is 2.37. The van der Waals surface area contributed by atoms with Crippen LogP contribution in [0.25, 0.3) is 0 Å². The summed E-state index contributed by atoms with van der Waals surface area (Å²) in [5.74, 6) is 4.59. The summed E-state index contributed by atoms with van der Waals surface area (Å²) < 4.78 is 4.39. The molecule has 1 aromatic carbocycles. The number of hydrogen-bond donors (Lipinski definition) is 0. The molecule has 90 valence electrons. The van der Waals surface area contributed by atoms with Crippen molar-refractivity contribution in [3.63, 3.8) is 0 Å². The maximum absolute atomic E-state index is 10.8. The summed E-state index contributed by atoms with van der Waals surface area (Å²) in [6.07, 6.45) is -0.110. The molecule has 1 aromatic rings. The third-order valence-electron chi connectivity index (χ3n) is 1.95. The number of esters is 1. The third kappa shape index (κ3) is 3.62. The molecule has 0 aliphatic heterocycles. The lowest BCUT2D eigenvalue weighted by molar-refractivity contribution is -0.384. The largest absolute Gasteiger partial charge is 0.468 e. The summed E-state index contributed by atoms with van der Waals surface area (Å²) in [5.41, 5.74) is 0.243. The van der Waals surface area contributed by atoms with E-state index in [1.54, 1.807) is 0 Å². The number of benzene rings is 1. The molecular formula is C12H8N2O4. The number of rotatable bonds is 2. The van der Waals surface area contributed by atoms with Gasteiger partial charge in [-0.25, -0.2) is 0 Å². The van der Waals surface area contributed by atoms with Crippen molar-refractivity contribution in [2.24, 2.45) is 0 Å². The van der Waals surface area contributed by atoms with E-state index in [1.807, 2.05) is 6.07 Å². The Bertz CT molecular complexity index is 590. The van der Waals surface area contributed by atoms with Crippen LogP contribution in [0.4, 0.5) is 5.69 Å². The molecule has 18 heavy (non-hydrogen) atoms. The summed E-state index contributed by atoms with van der Waals surface area (Å²) >= 11 is 0. The topological polar surface area (TPSA) is 93.2 Å². The van der Waals surface area contributed by atoms with Gasteiger partial charge in [-0.3, -0.25) is 14.9 Å². The molecule has 0 unspecified atom stereocenters. The zero-order valence-electron chi connectivity index (χ0n) is 9.47. The lowest BCUT2D eigenvalue weighted by Gasteiger charge is -1.94.